The zero-order valence-electron chi connectivity index (χ0n) is 15.2. The van der Waals surface area contributed by atoms with Crippen molar-refractivity contribution in [1.29, 1.82) is 0 Å². The summed E-state index contributed by atoms with van der Waals surface area (Å²) in [7, 11) is 0. The van der Waals surface area contributed by atoms with E-state index in [9.17, 15) is 9.59 Å². The lowest BCUT2D eigenvalue weighted by Gasteiger charge is -2.17. The lowest BCUT2D eigenvalue weighted by molar-refractivity contribution is -0.128. The number of Topliss-reactive ketones (excluding diaryl/α,β-unsaturated/α-hetero) is 1. The maximum Gasteiger partial charge on any atom is 0.225 e. The highest BCUT2D eigenvalue weighted by Crippen LogP contribution is 2.14. The molecular formula is C20H30N2O2. The van der Waals surface area contributed by atoms with Crippen LogP contribution in [-0.4, -0.2) is 36.2 Å². The van der Waals surface area contributed by atoms with Crippen LogP contribution in [-0.2, 0) is 11.3 Å². The van der Waals surface area contributed by atoms with Crippen LogP contribution in [0.5, 0.6) is 0 Å². The van der Waals surface area contributed by atoms with E-state index in [4.69, 9.17) is 0 Å². The van der Waals surface area contributed by atoms with E-state index in [1.165, 1.54) is 25.9 Å². The Bertz CT molecular complexity index is 552. The van der Waals surface area contributed by atoms with Gasteiger partial charge in [-0.15, -0.1) is 0 Å². The number of carbonyl (C=O) groups excluding carboxylic acids is 2. The highest BCUT2D eigenvalue weighted by molar-refractivity contribution is 5.96. The van der Waals surface area contributed by atoms with Gasteiger partial charge in [0, 0.05) is 23.9 Å². The monoisotopic (exact) mass is 330 g/mol. The van der Waals surface area contributed by atoms with Crippen LogP contribution in [0.15, 0.2) is 24.3 Å². The molecule has 0 saturated carbocycles. The lowest BCUT2D eigenvalue weighted by Crippen LogP contribution is -2.34. The summed E-state index contributed by atoms with van der Waals surface area (Å²) in [5.41, 5.74) is 1.40. The van der Waals surface area contributed by atoms with Gasteiger partial charge in [-0.1, -0.05) is 45.0 Å². The van der Waals surface area contributed by atoms with Gasteiger partial charge in [0.25, 0.3) is 0 Å². The molecule has 1 amide bonds. The van der Waals surface area contributed by atoms with Crippen molar-refractivity contribution in [1.82, 2.24) is 10.2 Å². The number of carbonyl (C=O) groups is 2. The maximum absolute atomic E-state index is 12.2. The molecule has 4 nitrogen and oxygen atoms in total. The fourth-order valence-electron chi connectivity index (χ4n) is 2.87. The molecule has 0 unspecified atom stereocenters. The van der Waals surface area contributed by atoms with Crippen LogP contribution >= 0.6 is 0 Å². The normalized spacial score (nSPS) is 15.5. The second kappa shape index (κ2) is 8.43. The summed E-state index contributed by atoms with van der Waals surface area (Å²) in [6.07, 6.45) is 4.13. The van der Waals surface area contributed by atoms with E-state index in [2.05, 4.69) is 10.2 Å². The second-order valence-electron chi connectivity index (χ2n) is 7.71. The number of ketones is 1. The Morgan fingerprint density at radius 1 is 1.08 bits per heavy atom. The molecule has 0 spiro atoms. The van der Waals surface area contributed by atoms with E-state index in [1.807, 2.05) is 45.0 Å². The SMILES string of the molecule is CC(C)(C)C(=O)NCc1ccc(C(=O)CCCN2CCCC2)cc1. The van der Waals surface area contributed by atoms with E-state index >= 15 is 0 Å². The Labute approximate surface area is 145 Å². The molecule has 0 aromatic heterocycles. The predicted molar refractivity (Wildman–Crippen MR) is 97.0 cm³/mol. The van der Waals surface area contributed by atoms with Crippen molar-refractivity contribution in [2.24, 2.45) is 5.41 Å². The Kier molecular flexibility index (Phi) is 6.55. The van der Waals surface area contributed by atoms with Gasteiger partial charge in [0.2, 0.25) is 5.91 Å². The minimum absolute atomic E-state index is 0.0320. The molecule has 0 aliphatic carbocycles. The number of rotatable bonds is 7. The van der Waals surface area contributed by atoms with Gasteiger partial charge in [0.1, 0.15) is 0 Å². The number of nitrogens with one attached hydrogen (secondary N) is 1. The molecular weight excluding hydrogens is 300 g/mol. The minimum atomic E-state index is -0.384. The summed E-state index contributed by atoms with van der Waals surface area (Å²) in [6.45, 7) is 9.58. The smallest absolute Gasteiger partial charge is 0.225 e. The molecule has 0 bridgehead atoms. The van der Waals surface area contributed by atoms with Crippen LogP contribution in [0.1, 0.15) is 62.4 Å². The number of likely N-dealkylation sites (tertiary alicyclic amines) is 1. The molecule has 4 heteroatoms. The molecule has 1 aliphatic heterocycles. The van der Waals surface area contributed by atoms with Crippen LogP contribution in [0, 0.1) is 5.41 Å². The topological polar surface area (TPSA) is 49.4 Å². The van der Waals surface area contributed by atoms with Gasteiger partial charge in [-0.05, 0) is 44.5 Å². The predicted octanol–water partition coefficient (Wildman–Crippen LogP) is 3.41. The van der Waals surface area contributed by atoms with Gasteiger partial charge in [-0.3, -0.25) is 9.59 Å². The highest BCUT2D eigenvalue weighted by atomic mass is 16.2. The van der Waals surface area contributed by atoms with Crippen molar-refractivity contribution in [3.8, 4) is 0 Å². The van der Waals surface area contributed by atoms with Gasteiger partial charge < -0.3 is 10.2 Å². The molecule has 1 saturated heterocycles. The summed E-state index contributed by atoms with van der Waals surface area (Å²) < 4.78 is 0. The zero-order chi connectivity index (χ0) is 17.6. The fraction of sp³-hybridized carbons (Fsp3) is 0.600. The average Bonchev–Trinajstić information content (AvgIpc) is 3.05. The molecule has 1 heterocycles. The first-order chi connectivity index (χ1) is 11.4. The Morgan fingerprint density at radius 2 is 1.71 bits per heavy atom. The summed E-state index contributed by atoms with van der Waals surface area (Å²) in [5, 5.41) is 2.92. The first-order valence-corrected chi connectivity index (χ1v) is 8.99. The molecule has 1 aromatic rings. The van der Waals surface area contributed by atoms with E-state index in [-0.39, 0.29) is 17.1 Å². The van der Waals surface area contributed by atoms with E-state index in [0.717, 1.165) is 24.1 Å². The standard InChI is InChI=1S/C20H30N2O2/c1-20(2,3)19(24)21-15-16-8-10-17(11-9-16)18(23)7-6-14-22-12-4-5-13-22/h8-11H,4-7,12-15H2,1-3H3,(H,21,24). The van der Waals surface area contributed by atoms with Crippen molar-refractivity contribution >= 4 is 11.7 Å². The van der Waals surface area contributed by atoms with Gasteiger partial charge in [-0.2, -0.15) is 0 Å². The van der Waals surface area contributed by atoms with E-state index in [1.54, 1.807) is 0 Å². The van der Waals surface area contributed by atoms with Crippen LogP contribution < -0.4 is 5.32 Å². The first-order valence-electron chi connectivity index (χ1n) is 8.99. The molecule has 0 atom stereocenters. The molecule has 2 rings (SSSR count). The zero-order valence-corrected chi connectivity index (χ0v) is 15.2. The third-order valence-corrected chi connectivity index (χ3v) is 4.49. The van der Waals surface area contributed by atoms with Crippen LogP contribution in [0.3, 0.4) is 0 Å². The van der Waals surface area contributed by atoms with Crippen molar-refractivity contribution in [2.45, 2.75) is 53.0 Å². The van der Waals surface area contributed by atoms with Gasteiger partial charge in [0.05, 0.1) is 0 Å². The number of hydrogen-bond donors (Lipinski definition) is 1. The summed E-state index contributed by atoms with van der Waals surface area (Å²) in [4.78, 5) is 26.5. The minimum Gasteiger partial charge on any atom is -0.352 e. The van der Waals surface area contributed by atoms with Crippen molar-refractivity contribution in [2.75, 3.05) is 19.6 Å². The third-order valence-electron chi connectivity index (χ3n) is 4.49. The van der Waals surface area contributed by atoms with Crippen LogP contribution in [0.4, 0.5) is 0 Å². The Balaban J connectivity index is 1.76. The van der Waals surface area contributed by atoms with Crippen molar-refractivity contribution < 1.29 is 9.59 Å². The summed E-state index contributed by atoms with van der Waals surface area (Å²) in [5.74, 6) is 0.240. The van der Waals surface area contributed by atoms with Crippen LogP contribution in [0.25, 0.3) is 0 Å². The first kappa shape index (κ1) is 18.7. The number of amides is 1. The third kappa shape index (κ3) is 5.75. The second-order valence-corrected chi connectivity index (χ2v) is 7.71. The molecule has 1 aliphatic rings. The quantitative estimate of drug-likeness (QED) is 0.780. The van der Waals surface area contributed by atoms with Gasteiger partial charge >= 0.3 is 0 Å². The fourth-order valence-corrected chi connectivity index (χ4v) is 2.87. The van der Waals surface area contributed by atoms with Gasteiger partial charge in [0.15, 0.2) is 5.78 Å². The molecule has 1 fully saturated rings. The highest BCUT2D eigenvalue weighted by Gasteiger charge is 2.20. The number of benzene rings is 1. The van der Waals surface area contributed by atoms with Crippen LogP contribution in [0.2, 0.25) is 0 Å². The van der Waals surface area contributed by atoms with E-state index < -0.39 is 0 Å². The molecule has 24 heavy (non-hydrogen) atoms. The summed E-state index contributed by atoms with van der Waals surface area (Å²) in [6, 6.07) is 7.60. The molecule has 0 radical (unpaired) electrons. The number of nitrogens with zero attached hydrogens (tertiary/aromatic N) is 1. The lowest BCUT2D eigenvalue weighted by atomic mass is 9.95. The molecule has 1 aromatic carbocycles. The number of hydrogen-bond acceptors (Lipinski definition) is 3. The summed E-state index contributed by atoms with van der Waals surface area (Å²) >= 11 is 0. The van der Waals surface area contributed by atoms with Crippen molar-refractivity contribution in [3.63, 3.8) is 0 Å². The molecule has 132 valence electrons. The largest absolute Gasteiger partial charge is 0.352 e. The average molecular weight is 330 g/mol. The van der Waals surface area contributed by atoms with E-state index in [0.29, 0.717) is 13.0 Å². The maximum atomic E-state index is 12.2. The Morgan fingerprint density at radius 3 is 2.29 bits per heavy atom. The Hall–Kier alpha value is -1.68. The van der Waals surface area contributed by atoms with Gasteiger partial charge in [-0.25, -0.2) is 0 Å². The van der Waals surface area contributed by atoms with Crippen molar-refractivity contribution in [3.05, 3.63) is 35.4 Å². The molecule has 1 N–H and O–H groups in total.